The second kappa shape index (κ2) is 8.74. The van der Waals surface area contributed by atoms with Gasteiger partial charge >= 0.3 is 0 Å². The maximum Gasteiger partial charge on any atom is 0.270 e. The molecular formula is C21H17FN2O4S. The highest BCUT2D eigenvalue weighted by atomic mass is 32.2. The molecule has 148 valence electrons. The fraction of sp³-hybridized carbons (Fsp3) is 0.0952. The fourth-order valence-electron chi connectivity index (χ4n) is 2.65. The Hall–Kier alpha value is -3.39. The fourth-order valence-corrected chi connectivity index (χ4v) is 3.60. The third kappa shape index (κ3) is 4.72. The van der Waals surface area contributed by atoms with Crippen molar-refractivity contribution >= 4 is 29.0 Å². The number of anilines is 1. The lowest BCUT2D eigenvalue weighted by Gasteiger charge is -2.13. The van der Waals surface area contributed by atoms with Crippen LogP contribution in [0.15, 0.2) is 70.5 Å². The number of carbonyl (C=O) groups is 1. The number of aryl methyl sites for hydroxylation is 1. The summed E-state index contributed by atoms with van der Waals surface area (Å²) in [5.41, 5.74) is 1.17. The number of nitro benzene ring substituents is 1. The predicted molar refractivity (Wildman–Crippen MR) is 109 cm³/mol. The van der Waals surface area contributed by atoms with Gasteiger partial charge in [0.05, 0.1) is 23.3 Å². The molecule has 3 aromatic rings. The Balaban J connectivity index is 2.00. The standard InChI is InChI=1S/C21H17FN2O4S/c1-13-7-9-18(28-2)17(11-13)23-21(25)15-12-14(24(26)27)8-10-19(15)29-20-6-4-3-5-16(20)22/h3-12H,1-2H3,(H,23,25). The molecule has 6 nitrogen and oxygen atoms in total. The van der Waals surface area contributed by atoms with Gasteiger partial charge in [-0.15, -0.1) is 0 Å². The van der Waals surface area contributed by atoms with E-state index in [2.05, 4.69) is 5.32 Å². The van der Waals surface area contributed by atoms with Crippen LogP contribution in [-0.2, 0) is 0 Å². The average Bonchev–Trinajstić information content (AvgIpc) is 2.70. The Morgan fingerprint density at radius 1 is 1.10 bits per heavy atom. The van der Waals surface area contributed by atoms with Gasteiger partial charge in [-0.25, -0.2) is 4.39 Å². The van der Waals surface area contributed by atoms with E-state index in [1.54, 1.807) is 30.3 Å². The molecule has 0 unspecified atom stereocenters. The van der Waals surface area contributed by atoms with Crippen LogP contribution in [0.1, 0.15) is 15.9 Å². The maximum atomic E-state index is 14.1. The third-order valence-electron chi connectivity index (χ3n) is 4.08. The van der Waals surface area contributed by atoms with Gasteiger partial charge in [-0.05, 0) is 42.8 Å². The zero-order valence-corrected chi connectivity index (χ0v) is 16.5. The molecule has 0 heterocycles. The Labute approximate surface area is 170 Å². The molecule has 0 aliphatic rings. The zero-order chi connectivity index (χ0) is 21.0. The Kier molecular flexibility index (Phi) is 6.13. The molecule has 3 aromatic carbocycles. The minimum atomic E-state index is -0.582. The Morgan fingerprint density at radius 3 is 2.55 bits per heavy atom. The highest BCUT2D eigenvalue weighted by Crippen LogP contribution is 2.35. The molecular weight excluding hydrogens is 395 g/mol. The van der Waals surface area contributed by atoms with Crippen LogP contribution >= 0.6 is 11.8 Å². The molecule has 3 rings (SSSR count). The van der Waals surface area contributed by atoms with Crippen LogP contribution in [-0.4, -0.2) is 17.9 Å². The molecule has 0 aliphatic heterocycles. The van der Waals surface area contributed by atoms with Crippen LogP contribution in [0.3, 0.4) is 0 Å². The smallest absolute Gasteiger partial charge is 0.270 e. The lowest BCUT2D eigenvalue weighted by molar-refractivity contribution is -0.384. The second-order valence-electron chi connectivity index (χ2n) is 6.13. The molecule has 0 atom stereocenters. The number of rotatable bonds is 6. The summed E-state index contributed by atoms with van der Waals surface area (Å²) in [6.45, 7) is 1.86. The number of methoxy groups -OCH3 is 1. The number of hydrogen-bond acceptors (Lipinski definition) is 5. The van der Waals surface area contributed by atoms with Crippen molar-refractivity contribution in [1.29, 1.82) is 0 Å². The highest BCUT2D eigenvalue weighted by molar-refractivity contribution is 7.99. The molecule has 0 aliphatic carbocycles. The summed E-state index contributed by atoms with van der Waals surface area (Å²) in [7, 11) is 1.48. The number of hydrogen-bond donors (Lipinski definition) is 1. The van der Waals surface area contributed by atoms with Gasteiger partial charge in [0.1, 0.15) is 11.6 Å². The zero-order valence-electron chi connectivity index (χ0n) is 15.6. The topological polar surface area (TPSA) is 81.5 Å². The van der Waals surface area contributed by atoms with E-state index in [9.17, 15) is 19.3 Å². The van der Waals surface area contributed by atoms with Gasteiger partial charge in [-0.2, -0.15) is 0 Å². The summed E-state index contributed by atoms with van der Waals surface area (Å²) in [6, 6.07) is 15.3. The van der Waals surface area contributed by atoms with E-state index in [1.807, 2.05) is 13.0 Å². The molecule has 0 saturated heterocycles. The number of nitro groups is 1. The molecule has 29 heavy (non-hydrogen) atoms. The minimum Gasteiger partial charge on any atom is -0.495 e. The van der Waals surface area contributed by atoms with E-state index in [0.29, 0.717) is 21.2 Å². The summed E-state index contributed by atoms with van der Waals surface area (Å²) in [5.74, 6) is -0.545. The van der Waals surface area contributed by atoms with Gasteiger partial charge in [0.15, 0.2) is 0 Å². The first-order valence-electron chi connectivity index (χ1n) is 8.56. The number of nitrogens with one attached hydrogen (secondary N) is 1. The largest absolute Gasteiger partial charge is 0.495 e. The molecule has 1 N–H and O–H groups in total. The van der Waals surface area contributed by atoms with E-state index in [1.165, 1.54) is 31.4 Å². The van der Waals surface area contributed by atoms with E-state index in [0.717, 1.165) is 17.3 Å². The van der Waals surface area contributed by atoms with Crippen molar-refractivity contribution < 1.29 is 18.8 Å². The second-order valence-corrected chi connectivity index (χ2v) is 7.21. The van der Waals surface area contributed by atoms with Crippen LogP contribution in [0, 0.1) is 22.9 Å². The summed E-state index contributed by atoms with van der Waals surface area (Å²) in [4.78, 5) is 24.3. The van der Waals surface area contributed by atoms with Gasteiger partial charge in [0, 0.05) is 21.9 Å². The summed E-state index contributed by atoms with van der Waals surface area (Å²) >= 11 is 1.02. The van der Waals surface area contributed by atoms with Crippen LogP contribution < -0.4 is 10.1 Å². The molecule has 0 radical (unpaired) electrons. The Morgan fingerprint density at radius 2 is 1.86 bits per heavy atom. The highest BCUT2D eigenvalue weighted by Gasteiger charge is 2.20. The van der Waals surface area contributed by atoms with Crippen molar-refractivity contribution in [1.82, 2.24) is 0 Å². The van der Waals surface area contributed by atoms with Crippen molar-refractivity contribution in [2.75, 3.05) is 12.4 Å². The molecule has 0 fully saturated rings. The number of nitrogens with zero attached hydrogens (tertiary/aromatic N) is 1. The van der Waals surface area contributed by atoms with Crippen molar-refractivity contribution in [2.24, 2.45) is 0 Å². The van der Waals surface area contributed by atoms with E-state index in [4.69, 9.17) is 4.74 Å². The van der Waals surface area contributed by atoms with E-state index < -0.39 is 16.6 Å². The molecule has 0 bridgehead atoms. The lowest BCUT2D eigenvalue weighted by Crippen LogP contribution is -2.14. The van der Waals surface area contributed by atoms with Crippen molar-refractivity contribution in [3.05, 3.63) is 87.7 Å². The van der Waals surface area contributed by atoms with E-state index in [-0.39, 0.29) is 11.3 Å². The van der Waals surface area contributed by atoms with Crippen molar-refractivity contribution in [3.8, 4) is 5.75 Å². The molecule has 1 amide bonds. The van der Waals surface area contributed by atoms with Crippen LogP contribution in [0.2, 0.25) is 0 Å². The van der Waals surface area contributed by atoms with Gasteiger partial charge in [-0.3, -0.25) is 14.9 Å². The van der Waals surface area contributed by atoms with Gasteiger partial charge in [0.2, 0.25) is 0 Å². The minimum absolute atomic E-state index is 0.0658. The monoisotopic (exact) mass is 412 g/mol. The van der Waals surface area contributed by atoms with Gasteiger partial charge in [0.25, 0.3) is 11.6 Å². The van der Waals surface area contributed by atoms with Crippen molar-refractivity contribution in [2.45, 2.75) is 16.7 Å². The van der Waals surface area contributed by atoms with Crippen LogP contribution in [0.5, 0.6) is 5.75 Å². The first-order chi connectivity index (χ1) is 13.9. The summed E-state index contributed by atoms with van der Waals surface area (Å²) in [6.07, 6.45) is 0. The number of halogens is 1. The number of carbonyl (C=O) groups excluding carboxylic acids is 1. The van der Waals surface area contributed by atoms with Crippen LogP contribution in [0.25, 0.3) is 0 Å². The number of non-ortho nitro benzene ring substituents is 1. The first kappa shape index (κ1) is 20.3. The molecule has 0 saturated carbocycles. The third-order valence-corrected chi connectivity index (χ3v) is 5.21. The molecule has 8 heteroatoms. The Bertz CT molecular complexity index is 1090. The first-order valence-corrected chi connectivity index (χ1v) is 9.37. The quantitative estimate of drug-likeness (QED) is 0.430. The van der Waals surface area contributed by atoms with Gasteiger partial charge in [-0.1, -0.05) is 30.0 Å². The number of ether oxygens (including phenoxy) is 1. The molecule has 0 spiro atoms. The number of amides is 1. The number of benzene rings is 3. The average molecular weight is 412 g/mol. The normalized spacial score (nSPS) is 10.4. The summed E-state index contributed by atoms with van der Waals surface area (Å²) in [5, 5.41) is 13.9. The van der Waals surface area contributed by atoms with Crippen LogP contribution in [0.4, 0.5) is 15.8 Å². The molecule has 0 aromatic heterocycles. The summed E-state index contributed by atoms with van der Waals surface area (Å²) < 4.78 is 19.3. The van der Waals surface area contributed by atoms with E-state index >= 15 is 0 Å². The maximum absolute atomic E-state index is 14.1. The predicted octanol–water partition coefficient (Wildman–Crippen LogP) is 5.45. The SMILES string of the molecule is COc1ccc(C)cc1NC(=O)c1cc([N+](=O)[O-])ccc1Sc1ccccc1F. The lowest BCUT2D eigenvalue weighted by atomic mass is 10.1. The van der Waals surface area contributed by atoms with Gasteiger partial charge < -0.3 is 10.1 Å². The van der Waals surface area contributed by atoms with Crippen molar-refractivity contribution in [3.63, 3.8) is 0 Å².